The Labute approximate surface area is 211 Å². The third-order valence-electron chi connectivity index (χ3n) is 5.75. The molecule has 2 heterocycles. The standard InChI is InChI=1S/C23H22ClF2N3O4S2/c1-33-17-6-4-15(5-7-17)14-29(23-27-8-10-34-23)35(31,32)22-18(25)11-19(20(24)21(22)26)28-12-16(13-28)3-2-9-30/h4-11,16H,2-3,12-14H2,1H3. The second kappa shape index (κ2) is 10.5. The number of ether oxygens (including phenoxy) is 1. The van der Waals surface area contributed by atoms with Gasteiger partial charge in [-0.05, 0) is 30.0 Å². The zero-order valence-electron chi connectivity index (χ0n) is 18.7. The van der Waals surface area contributed by atoms with Crippen molar-refractivity contribution in [2.24, 2.45) is 5.92 Å². The zero-order valence-corrected chi connectivity index (χ0v) is 21.0. The molecular formula is C23H22ClF2N3O4S2. The maximum Gasteiger partial charge on any atom is 0.272 e. The molecule has 0 unspecified atom stereocenters. The number of halogens is 3. The predicted molar refractivity (Wildman–Crippen MR) is 131 cm³/mol. The number of rotatable bonds is 10. The molecule has 0 atom stereocenters. The van der Waals surface area contributed by atoms with Crippen molar-refractivity contribution in [3.05, 3.63) is 64.1 Å². The molecule has 12 heteroatoms. The van der Waals surface area contributed by atoms with Crippen LogP contribution in [0.1, 0.15) is 18.4 Å². The highest BCUT2D eigenvalue weighted by molar-refractivity contribution is 7.93. The first-order valence-corrected chi connectivity index (χ1v) is 13.4. The number of thiazole rings is 1. The van der Waals surface area contributed by atoms with E-state index < -0.39 is 31.6 Å². The van der Waals surface area contributed by atoms with Gasteiger partial charge in [-0.25, -0.2) is 26.5 Å². The van der Waals surface area contributed by atoms with Gasteiger partial charge in [-0.3, -0.25) is 0 Å². The highest BCUT2D eigenvalue weighted by Gasteiger charge is 2.37. The van der Waals surface area contributed by atoms with Gasteiger partial charge in [-0.2, -0.15) is 0 Å². The van der Waals surface area contributed by atoms with E-state index in [1.54, 1.807) is 34.5 Å². The molecule has 2 aromatic carbocycles. The van der Waals surface area contributed by atoms with E-state index in [0.717, 1.165) is 28.0 Å². The maximum absolute atomic E-state index is 15.4. The van der Waals surface area contributed by atoms with Gasteiger partial charge in [-0.15, -0.1) is 11.3 Å². The molecule has 1 fully saturated rings. The van der Waals surface area contributed by atoms with Gasteiger partial charge in [0.05, 0.1) is 19.3 Å². The fourth-order valence-corrected chi connectivity index (χ4v) is 6.61. The molecule has 0 N–H and O–H groups in total. The number of benzene rings is 2. The van der Waals surface area contributed by atoms with Crippen molar-refractivity contribution < 1.29 is 26.7 Å². The Hall–Kier alpha value is -2.76. The van der Waals surface area contributed by atoms with Crippen LogP contribution in [0.25, 0.3) is 0 Å². The average Bonchev–Trinajstić information content (AvgIpc) is 3.34. The monoisotopic (exact) mass is 541 g/mol. The molecule has 35 heavy (non-hydrogen) atoms. The molecule has 1 saturated heterocycles. The molecule has 3 aromatic rings. The van der Waals surface area contributed by atoms with E-state index in [2.05, 4.69) is 4.98 Å². The molecule has 0 radical (unpaired) electrons. The minimum absolute atomic E-state index is 0.0561. The second-order valence-corrected chi connectivity index (χ2v) is 11.1. The minimum atomic E-state index is -4.72. The zero-order chi connectivity index (χ0) is 25.2. The number of hydrogen-bond donors (Lipinski definition) is 0. The third kappa shape index (κ3) is 5.12. The Morgan fingerprint density at radius 1 is 1.29 bits per heavy atom. The summed E-state index contributed by atoms with van der Waals surface area (Å²) in [6, 6.07) is 7.57. The summed E-state index contributed by atoms with van der Waals surface area (Å²) in [7, 11) is -3.21. The van der Waals surface area contributed by atoms with Crippen molar-refractivity contribution in [2.45, 2.75) is 24.3 Å². The van der Waals surface area contributed by atoms with Crippen LogP contribution in [-0.2, 0) is 21.4 Å². The van der Waals surface area contributed by atoms with E-state index in [1.165, 1.54) is 13.3 Å². The Bertz CT molecular complexity index is 1300. The summed E-state index contributed by atoms with van der Waals surface area (Å²) in [6.45, 7) is 0.741. The van der Waals surface area contributed by atoms with Gasteiger partial charge in [0.25, 0.3) is 10.0 Å². The van der Waals surface area contributed by atoms with Crippen molar-refractivity contribution in [1.29, 1.82) is 0 Å². The molecule has 1 aliphatic rings. The van der Waals surface area contributed by atoms with Crippen molar-refractivity contribution in [1.82, 2.24) is 4.98 Å². The lowest BCUT2D eigenvalue weighted by Crippen LogP contribution is -2.47. The number of nitrogens with zero attached hydrogens (tertiary/aromatic N) is 3. The number of carbonyl (C=O) groups is 1. The highest BCUT2D eigenvalue weighted by atomic mass is 35.5. The van der Waals surface area contributed by atoms with Gasteiger partial charge in [0, 0.05) is 37.2 Å². The van der Waals surface area contributed by atoms with Crippen LogP contribution in [-0.4, -0.2) is 39.9 Å². The van der Waals surface area contributed by atoms with Crippen molar-refractivity contribution in [3.63, 3.8) is 0 Å². The number of aromatic nitrogens is 1. The molecule has 0 saturated carbocycles. The summed E-state index contributed by atoms with van der Waals surface area (Å²) in [5.74, 6) is -1.81. The highest BCUT2D eigenvalue weighted by Crippen LogP contribution is 2.40. The fraction of sp³-hybridized carbons (Fsp3) is 0.304. The lowest BCUT2D eigenvalue weighted by molar-refractivity contribution is -0.108. The first kappa shape index (κ1) is 25.3. The minimum Gasteiger partial charge on any atom is -0.497 e. The van der Waals surface area contributed by atoms with E-state index in [1.807, 2.05) is 0 Å². The summed E-state index contributed by atoms with van der Waals surface area (Å²) < 4.78 is 63.7. The molecular weight excluding hydrogens is 520 g/mol. The van der Waals surface area contributed by atoms with E-state index >= 15 is 8.78 Å². The number of carbonyl (C=O) groups excluding carboxylic acids is 1. The molecule has 0 aliphatic carbocycles. The van der Waals surface area contributed by atoms with Crippen LogP contribution in [0.5, 0.6) is 5.75 Å². The van der Waals surface area contributed by atoms with Crippen molar-refractivity contribution >= 4 is 50.1 Å². The summed E-state index contributed by atoms with van der Waals surface area (Å²) in [5, 5.41) is 1.16. The SMILES string of the molecule is COc1ccc(CN(c2nccs2)S(=O)(=O)c2c(F)cc(N3CC(CCC=O)C3)c(Cl)c2F)cc1. The first-order chi connectivity index (χ1) is 16.8. The molecule has 0 bridgehead atoms. The second-order valence-electron chi connectivity index (χ2n) is 8.02. The van der Waals surface area contributed by atoms with E-state index in [9.17, 15) is 13.2 Å². The topological polar surface area (TPSA) is 79.8 Å². The van der Waals surface area contributed by atoms with Gasteiger partial charge in [0.2, 0.25) is 0 Å². The lowest BCUT2D eigenvalue weighted by Gasteiger charge is -2.41. The quantitative estimate of drug-likeness (QED) is 0.268. The summed E-state index contributed by atoms with van der Waals surface area (Å²) in [6.07, 6.45) is 3.31. The first-order valence-electron chi connectivity index (χ1n) is 10.7. The predicted octanol–water partition coefficient (Wildman–Crippen LogP) is 4.89. The van der Waals surface area contributed by atoms with Crippen LogP contribution in [0.15, 0.2) is 46.8 Å². The van der Waals surface area contributed by atoms with Crippen LogP contribution in [0, 0.1) is 17.6 Å². The summed E-state index contributed by atoms with van der Waals surface area (Å²) in [4.78, 5) is 15.1. The number of aldehydes is 1. The van der Waals surface area contributed by atoms with Gasteiger partial charge >= 0.3 is 0 Å². The normalized spacial score (nSPS) is 14.0. The summed E-state index contributed by atoms with van der Waals surface area (Å²) >= 11 is 7.23. The molecule has 0 spiro atoms. The van der Waals surface area contributed by atoms with E-state index in [4.69, 9.17) is 16.3 Å². The number of methoxy groups -OCH3 is 1. The number of sulfonamides is 1. The van der Waals surface area contributed by atoms with Crippen LogP contribution >= 0.6 is 22.9 Å². The molecule has 186 valence electrons. The Morgan fingerprint density at radius 2 is 2.00 bits per heavy atom. The maximum atomic E-state index is 15.4. The molecule has 1 aromatic heterocycles. The Kier molecular flexibility index (Phi) is 7.58. The lowest BCUT2D eigenvalue weighted by atomic mass is 9.94. The molecule has 1 aliphatic heterocycles. The van der Waals surface area contributed by atoms with Crippen LogP contribution < -0.4 is 13.9 Å². The molecule has 4 rings (SSSR count). The third-order valence-corrected chi connectivity index (χ3v) is 8.80. The van der Waals surface area contributed by atoms with E-state index in [0.29, 0.717) is 37.2 Å². The Morgan fingerprint density at radius 3 is 2.60 bits per heavy atom. The van der Waals surface area contributed by atoms with E-state index in [-0.39, 0.29) is 23.3 Å². The van der Waals surface area contributed by atoms with Crippen molar-refractivity contribution in [2.75, 3.05) is 29.4 Å². The van der Waals surface area contributed by atoms with Crippen LogP contribution in [0.4, 0.5) is 19.6 Å². The van der Waals surface area contributed by atoms with Gasteiger partial charge < -0.3 is 14.4 Å². The molecule has 0 amide bonds. The average molecular weight is 542 g/mol. The smallest absolute Gasteiger partial charge is 0.272 e. The Balaban J connectivity index is 1.68. The largest absolute Gasteiger partial charge is 0.497 e. The number of hydrogen-bond acceptors (Lipinski definition) is 7. The van der Waals surface area contributed by atoms with Gasteiger partial charge in [0.15, 0.2) is 15.8 Å². The fourth-order valence-electron chi connectivity index (χ4n) is 3.89. The number of anilines is 2. The molecule has 7 nitrogen and oxygen atoms in total. The van der Waals surface area contributed by atoms with Gasteiger partial charge in [-0.1, -0.05) is 23.7 Å². The van der Waals surface area contributed by atoms with Crippen LogP contribution in [0.3, 0.4) is 0 Å². The van der Waals surface area contributed by atoms with Crippen LogP contribution in [0.2, 0.25) is 5.02 Å². The summed E-state index contributed by atoms with van der Waals surface area (Å²) in [5.41, 5.74) is 0.647. The van der Waals surface area contributed by atoms with Gasteiger partial charge in [0.1, 0.15) is 22.9 Å². The van der Waals surface area contributed by atoms with Crippen molar-refractivity contribution in [3.8, 4) is 5.75 Å².